The summed E-state index contributed by atoms with van der Waals surface area (Å²) in [6.07, 6.45) is 6.23. The summed E-state index contributed by atoms with van der Waals surface area (Å²) in [7, 11) is 0. The van der Waals surface area contributed by atoms with Crippen LogP contribution in [0, 0.1) is 0 Å². The Morgan fingerprint density at radius 2 is 2.05 bits per heavy atom. The molecule has 20 heavy (non-hydrogen) atoms. The fraction of sp³-hybridized carbons (Fsp3) is 0.600. The van der Waals surface area contributed by atoms with Gasteiger partial charge in [0.1, 0.15) is 5.82 Å². The number of carbonyl (C=O) groups excluding carboxylic acids is 1. The van der Waals surface area contributed by atoms with Gasteiger partial charge in [0, 0.05) is 25.8 Å². The van der Waals surface area contributed by atoms with Crippen molar-refractivity contribution in [1.29, 1.82) is 0 Å². The number of hydrogen-bond acceptors (Lipinski definition) is 4. The van der Waals surface area contributed by atoms with Gasteiger partial charge < -0.3 is 14.5 Å². The molecule has 2 aliphatic heterocycles. The average molecular weight is 275 g/mol. The highest BCUT2D eigenvalue weighted by atomic mass is 16.5. The lowest BCUT2D eigenvalue weighted by Crippen LogP contribution is -2.37. The number of ether oxygens (including phenoxy) is 1. The van der Waals surface area contributed by atoms with Crippen molar-refractivity contribution in [1.82, 2.24) is 9.88 Å². The van der Waals surface area contributed by atoms with Crippen molar-refractivity contribution in [2.75, 3.05) is 37.7 Å². The van der Waals surface area contributed by atoms with Crippen molar-refractivity contribution in [3.8, 4) is 0 Å². The molecule has 3 heterocycles. The lowest BCUT2D eigenvalue weighted by Gasteiger charge is -2.33. The van der Waals surface area contributed by atoms with Gasteiger partial charge in [-0.05, 0) is 30.9 Å². The molecule has 1 atom stereocenters. The van der Waals surface area contributed by atoms with E-state index in [1.807, 2.05) is 11.1 Å². The monoisotopic (exact) mass is 275 g/mol. The zero-order valence-corrected chi connectivity index (χ0v) is 11.7. The molecular formula is C15H21N3O2. The van der Waals surface area contributed by atoms with E-state index >= 15 is 0 Å². The van der Waals surface area contributed by atoms with Gasteiger partial charge in [-0.3, -0.25) is 4.79 Å². The van der Waals surface area contributed by atoms with Gasteiger partial charge in [-0.15, -0.1) is 0 Å². The SMILES string of the molecule is O=CN1CCCC[C@@H]1c1ccc(N2CCOCC2)nc1. The van der Waals surface area contributed by atoms with Crippen molar-refractivity contribution in [3.63, 3.8) is 0 Å². The van der Waals surface area contributed by atoms with E-state index in [1.54, 1.807) is 0 Å². The molecule has 1 aromatic rings. The van der Waals surface area contributed by atoms with Gasteiger partial charge in [0.25, 0.3) is 0 Å². The summed E-state index contributed by atoms with van der Waals surface area (Å²) in [5.74, 6) is 1.01. The van der Waals surface area contributed by atoms with Gasteiger partial charge in [0.05, 0.1) is 19.3 Å². The first-order valence-electron chi connectivity index (χ1n) is 7.38. The number of rotatable bonds is 3. The Morgan fingerprint density at radius 3 is 2.75 bits per heavy atom. The van der Waals surface area contributed by atoms with Gasteiger partial charge in [0.2, 0.25) is 6.41 Å². The van der Waals surface area contributed by atoms with E-state index in [9.17, 15) is 4.79 Å². The zero-order valence-electron chi connectivity index (χ0n) is 11.7. The standard InChI is InChI=1S/C15H21N3O2/c19-12-18-6-2-1-3-14(18)13-4-5-15(16-11-13)17-7-9-20-10-8-17/h4-5,11-12,14H,1-3,6-10H2/t14-/m1/s1. The minimum atomic E-state index is 0.201. The lowest BCUT2D eigenvalue weighted by atomic mass is 9.97. The summed E-state index contributed by atoms with van der Waals surface area (Å²) in [5, 5.41) is 0. The van der Waals surface area contributed by atoms with E-state index < -0.39 is 0 Å². The van der Waals surface area contributed by atoms with Gasteiger partial charge in [0.15, 0.2) is 0 Å². The molecule has 1 aromatic heterocycles. The molecule has 0 aliphatic carbocycles. The van der Waals surface area contributed by atoms with Gasteiger partial charge in [-0.25, -0.2) is 4.98 Å². The fourth-order valence-electron chi connectivity index (χ4n) is 3.01. The van der Waals surface area contributed by atoms with Gasteiger partial charge >= 0.3 is 0 Å². The molecule has 0 saturated carbocycles. The largest absolute Gasteiger partial charge is 0.378 e. The average Bonchev–Trinajstić information content (AvgIpc) is 2.56. The molecule has 0 unspecified atom stereocenters. The van der Waals surface area contributed by atoms with E-state index in [0.29, 0.717) is 0 Å². The Labute approximate surface area is 119 Å². The van der Waals surface area contributed by atoms with Crippen LogP contribution >= 0.6 is 0 Å². The number of nitrogens with zero attached hydrogens (tertiary/aromatic N) is 3. The van der Waals surface area contributed by atoms with Crippen LogP contribution in [0.4, 0.5) is 5.82 Å². The van der Waals surface area contributed by atoms with Crippen molar-refractivity contribution in [2.24, 2.45) is 0 Å². The molecule has 3 rings (SSSR count). The van der Waals surface area contributed by atoms with Crippen molar-refractivity contribution >= 4 is 12.2 Å². The summed E-state index contributed by atoms with van der Waals surface area (Å²) in [5.41, 5.74) is 1.15. The van der Waals surface area contributed by atoms with Crippen LogP contribution in [-0.4, -0.2) is 49.1 Å². The van der Waals surface area contributed by atoms with Crippen LogP contribution in [0.1, 0.15) is 30.9 Å². The highest BCUT2D eigenvalue weighted by Crippen LogP contribution is 2.29. The first-order chi connectivity index (χ1) is 9.88. The van der Waals surface area contributed by atoms with Crippen LogP contribution in [0.25, 0.3) is 0 Å². The Balaban J connectivity index is 1.72. The minimum absolute atomic E-state index is 0.201. The molecule has 1 amide bonds. The number of aromatic nitrogens is 1. The number of amides is 1. The third kappa shape index (κ3) is 2.77. The Kier molecular flexibility index (Phi) is 4.16. The molecule has 108 valence electrons. The quantitative estimate of drug-likeness (QED) is 0.786. The molecule has 5 nitrogen and oxygen atoms in total. The number of pyridine rings is 1. The molecule has 2 saturated heterocycles. The normalized spacial score (nSPS) is 23.7. The summed E-state index contributed by atoms with van der Waals surface area (Å²) in [6.45, 7) is 4.20. The maximum Gasteiger partial charge on any atom is 0.210 e. The molecule has 5 heteroatoms. The van der Waals surface area contributed by atoms with E-state index in [0.717, 1.165) is 63.5 Å². The summed E-state index contributed by atoms with van der Waals surface area (Å²) < 4.78 is 5.35. The van der Waals surface area contributed by atoms with E-state index in [1.165, 1.54) is 6.42 Å². The highest BCUT2D eigenvalue weighted by molar-refractivity contribution is 5.49. The van der Waals surface area contributed by atoms with E-state index in [4.69, 9.17) is 4.74 Å². The smallest absolute Gasteiger partial charge is 0.210 e. The summed E-state index contributed by atoms with van der Waals surface area (Å²) >= 11 is 0. The molecule has 2 aliphatic rings. The molecule has 0 spiro atoms. The van der Waals surface area contributed by atoms with Crippen LogP contribution in [0.2, 0.25) is 0 Å². The fourth-order valence-corrected chi connectivity index (χ4v) is 3.01. The van der Waals surface area contributed by atoms with Crippen LogP contribution in [0.3, 0.4) is 0 Å². The summed E-state index contributed by atoms with van der Waals surface area (Å²) in [6, 6.07) is 4.38. The maximum atomic E-state index is 11.1. The number of piperidine rings is 1. The van der Waals surface area contributed by atoms with Crippen molar-refractivity contribution in [3.05, 3.63) is 23.9 Å². The zero-order chi connectivity index (χ0) is 13.8. The third-order valence-corrected chi connectivity index (χ3v) is 4.17. The second-order valence-electron chi connectivity index (χ2n) is 5.40. The van der Waals surface area contributed by atoms with Crippen molar-refractivity contribution in [2.45, 2.75) is 25.3 Å². The predicted molar refractivity (Wildman–Crippen MR) is 76.6 cm³/mol. The van der Waals surface area contributed by atoms with E-state index in [-0.39, 0.29) is 6.04 Å². The van der Waals surface area contributed by atoms with Crippen LogP contribution in [0.5, 0.6) is 0 Å². The Bertz CT molecular complexity index is 443. The van der Waals surface area contributed by atoms with Crippen LogP contribution < -0.4 is 4.90 Å². The maximum absolute atomic E-state index is 11.1. The molecule has 0 aromatic carbocycles. The first-order valence-corrected chi connectivity index (χ1v) is 7.38. The first kappa shape index (κ1) is 13.4. The van der Waals surface area contributed by atoms with E-state index in [2.05, 4.69) is 22.0 Å². The lowest BCUT2D eigenvalue weighted by molar-refractivity contribution is -0.121. The number of hydrogen-bond donors (Lipinski definition) is 0. The Hall–Kier alpha value is -1.62. The number of anilines is 1. The number of carbonyl (C=O) groups is 1. The van der Waals surface area contributed by atoms with Gasteiger partial charge in [-0.1, -0.05) is 6.07 Å². The Morgan fingerprint density at radius 1 is 1.20 bits per heavy atom. The summed E-state index contributed by atoms with van der Waals surface area (Å²) in [4.78, 5) is 19.9. The highest BCUT2D eigenvalue weighted by Gasteiger charge is 2.23. The molecule has 0 bridgehead atoms. The minimum Gasteiger partial charge on any atom is -0.378 e. The second kappa shape index (κ2) is 6.22. The molecule has 0 N–H and O–H groups in total. The van der Waals surface area contributed by atoms with Crippen molar-refractivity contribution < 1.29 is 9.53 Å². The molecule has 0 radical (unpaired) electrons. The molecule has 2 fully saturated rings. The van der Waals surface area contributed by atoms with Crippen LogP contribution in [-0.2, 0) is 9.53 Å². The molecular weight excluding hydrogens is 254 g/mol. The second-order valence-corrected chi connectivity index (χ2v) is 5.40. The van der Waals surface area contributed by atoms with Gasteiger partial charge in [-0.2, -0.15) is 0 Å². The third-order valence-electron chi connectivity index (χ3n) is 4.17. The van der Waals surface area contributed by atoms with Crippen LogP contribution in [0.15, 0.2) is 18.3 Å². The predicted octanol–water partition coefficient (Wildman–Crippen LogP) is 1.60. The topological polar surface area (TPSA) is 45.7 Å². The number of morpholine rings is 1. The number of likely N-dealkylation sites (tertiary alicyclic amines) is 1.